The number of hydrogen-bond acceptors (Lipinski definition) is 3. The molecule has 0 radical (unpaired) electrons. The van der Waals surface area contributed by atoms with Gasteiger partial charge in [-0.25, -0.2) is 0 Å². The van der Waals surface area contributed by atoms with E-state index in [1.807, 2.05) is 0 Å². The SMILES string of the molecule is CCC(CC)(CNC(=O)c1ccc(C)c(O)c1)C(=O)O. The summed E-state index contributed by atoms with van der Waals surface area (Å²) < 4.78 is 0. The van der Waals surface area contributed by atoms with Crippen LogP contribution >= 0.6 is 0 Å². The third kappa shape index (κ3) is 3.29. The minimum Gasteiger partial charge on any atom is -0.508 e. The molecule has 0 aliphatic rings. The highest BCUT2D eigenvalue weighted by atomic mass is 16.4. The van der Waals surface area contributed by atoms with Crippen molar-refractivity contribution in [2.45, 2.75) is 33.6 Å². The minimum atomic E-state index is -0.942. The first kappa shape index (κ1) is 16.0. The van der Waals surface area contributed by atoms with Gasteiger partial charge in [-0.05, 0) is 37.5 Å². The Balaban J connectivity index is 2.80. The lowest BCUT2D eigenvalue weighted by Crippen LogP contribution is -2.42. The van der Waals surface area contributed by atoms with Gasteiger partial charge in [0.1, 0.15) is 5.75 Å². The first-order chi connectivity index (χ1) is 9.36. The number of rotatable bonds is 6. The molecule has 1 rings (SSSR count). The van der Waals surface area contributed by atoms with E-state index in [4.69, 9.17) is 0 Å². The van der Waals surface area contributed by atoms with E-state index in [1.165, 1.54) is 6.07 Å². The van der Waals surface area contributed by atoms with E-state index in [1.54, 1.807) is 32.9 Å². The van der Waals surface area contributed by atoms with Crippen LogP contribution in [0.5, 0.6) is 5.75 Å². The highest BCUT2D eigenvalue weighted by molar-refractivity contribution is 5.95. The van der Waals surface area contributed by atoms with Crippen molar-refractivity contribution >= 4 is 11.9 Å². The fraction of sp³-hybridized carbons (Fsp3) is 0.467. The highest BCUT2D eigenvalue weighted by Crippen LogP contribution is 2.26. The molecule has 0 aliphatic carbocycles. The van der Waals surface area contributed by atoms with Gasteiger partial charge in [0.05, 0.1) is 5.41 Å². The quantitative estimate of drug-likeness (QED) is 0.746. The van der Waals surface area contributed by atoms with Crippen LogP contribution in [0.25, 0.3) is 0 Å². The number of aryl methyl sites for hydroxylation is 1. The zero-order chi connectivity index (χ0) is 15.3. The number of benzene rings is 1. The van der Waals surface area contributed by atoms with Gasteiger partial charge in [-0.3, -0.25) is 9.59 Å². The van der Waals surface area contributed by atoms with E-state index < -0.39 is 11.4 Å². The Bertz CT molecular complexity index is 507. The molecule has 0 fully saturated rings. The van der Waals surface area contributed by atoms with Crippen LogP contribution in [-0.4, -0.2) is 28.6 Å². The van der Waals surface area contributed by atoms with Crippen molar-refractivity contribution in [2.24, 2.45) is 5.41 Å². The van der Waals surface area contributed by atoms with Gasteiger partial charge in [0.2, 0.25) is 0 Å². The Morgan fingerprint density at radius 3 is 2.30 bits per heavy atom. The number of nitrogens with one attached hydrogen (secondary N) is 1. The molecule has 0 aliphatic heterocycles. The minimum absolute atomic E-state index is 0.0492. The van der Waals surface area contributed by atoms with Crippen molar-refractivity contribution in [3.8, 4) is 5.75 Å². The average Bonchev–Trinajstić information content (AvgIpc) is 2.43. The fourth-order valence-electron chi connectivity index (χ4n) is 1.98. The zero-order valence-corrected chi connectivity index (χ0v) is 12.1. The van der Waals surface area contributed by atoms with Crippen LogP contribution < -0.4 is 5.32 Å². The molecule has 0 saturated carbocycles. The second kappa shape index (κ2) is 6.41. The topological polar surface area (TPSA) is 86.6 Å². The average molecular weight is 279 g/mol. The number of carboxylic acid groups (broad SMARTS) is 1. The number of carbonyl (C=O) groups excluding carboxylic acids is 1. The maximum Gasteiger partial charge on any atom is 0.311 e. The molecular weight excluding hydrogens is 258 g/mol. The van der Waals surface area contributed by atoms with Crippen LogP contribution in [0, 0.1) is 12.3 Å². The summed E-state index contributed by atoms with van der Waals surface area (Å²) in [7, 11) is 0. The molecule has 0 heterocycles. The Morgan fingerprint density at radius 2 is 1.85 bits per heavy atom. The van der Waals surface area contributed by atoms with Crippen LogP contribution in [0.2, 0.25) is 0 Å². The zero-order valence-electron chi connectivity index (χ0n) is 12.1. The first-order valence-corrected chi connectivity index (χ1v) is 6.67. The third-order valence-electron chi connectivity index (χ3n) is 3.87. The van der Waals surface area contributed by atoms with Gasteiger partial charge < -0.3 is 15.5 Å². The van der Waals surface area contributed by atoms with E-state index in [2.05, 4.69) is 5.32 Å². The maximum atomic E-state index is 12.0. The Morgan fingerprint density at radius 1 is 1.25 bits per heavy atom. The van der Waals surface area contributed by atoms with E-state index in [0.29, 0.717) is 24.0 Å². The van der Waals surface area contributed by atoms with Gasteiger partial charge in [-0.1, -0.05) is 19.9 Å². The summed E-state index contributed by atoms with van der Waals surface area (Å²) in [5.74, 6) is -1.24. The molecule has 110 valence electrons. The van der Waals surface area contributed by atoms with Crippen LogP contribution in [0.15, 0.2) is 18.2 Å². The molecule has 3 N–H and O–H groups in total. The molecule has 5 heteroatoms. The smallest absolute Gasteiger partial charge is 0.311 e. The van der Waals surface area contributed by atoms with Gasteiger partial charge in [0.25, 0.3) is 5.91 Å². The normalized spacial score (nSPS) is 11.2. The summed E-state index contributed by atoms with van der Waals surface area (Å²) in [4.78, 5) is 23.3. The lowest BCUT2D eigenvalue weighted by molar-refractivity contribution is -0.149. The van der Waals surface area contributed by atoms with Crippen LogP contribution in [0.1, 0.15) is 42.6 Å². The largest absolute Gasteiger partial charge is 0.508 e. The molecular formula is C15H21NO4. The summed E-state index contributed by atoms with van der Waals surface area (Å²) in [5.41, 5.74) is 0.0608. The lowest BCUT2D eigenvalue weighted by atomic mass is 9.82. The van der Waals surface area contributed by atoms with E-state index >= 15 is 0 Å². The Labute approximate surface area is 118 Å². The van der Waals surface area contributed by atoms with Crippen molar-refractivity contribution in [3.63, 3.8) is 0 Å². The summed E-state index contributed by atoms with van der Waals surface area (Å²) in [6.45, 7) is 5.40. The lowest BCUT2D eigenvalue weighted by Gasteiger charge is -2.26. The number of carbonyl (C=O) groups is 2. The van der Waals surface area contributed by atoms with Crippen LogP contribution in [0.3, 0.4) is 0 Å². The molecule has 0 atom stereocenters. The summed E-state index contributed by atoms with van der Waals surface area (Å²) in [6, 6.07) is 4.63. The molecule has 1 aromatic carbocycles. The van der Waals surface area contributed by atoms with Crippen molar-refractivity contribution in [3.05, 3.63) is 29.3 Å². The third-order valence-corrected chi connectivity index (χ3v) is 3.87. The van der Waals surface area contributed by atoms with Crippen molar-refractivity contribution in [2.75, 3.05) is 6.54 Å². The first-order valence-electron chi connectivity index (χ1n) is 6.67. The van der Waals surface area contributed by atoms with E-state index in [9.17, 15) is 19.8 Å². The van der Waals surface area contributed by atoms with Crippen molar-refractivity contribution in [1.29, 1.82) is 0 Å². The Hall–Kier alpha value is -2.04. The second-order valence-corrected chi connectivity index (χ2v) is 4.98. The molecule has 1 aromatic rings. The summed E-state index contributed by atoms with van der Waals surface area (Å²) in [5, 5.41) is 21.5. The molecule has 0 aromatic heterocycles. The molecule has 1 amide bonds. The molecule has 5 nitrogen and oxygen atoms in total. The van der Waals surface area contributed by atoms with Crippen molar-refractivity contribution in [1.82, 2.24) is 5.32 Å². The highest BCUT2D eigenvalue weighted by Gasteiger charge is 2.35. The van der Waals surface area contributed by atoms with Crippen molar-refractivity contribution < 1.29 is 19.8 Å². The van der Waals surface area contributed by atoms with Gasteiger partial charge in [0.15, 0.2) is 0 Å². The number of aromatic hydroxyl groups is 1. The number of hydrogen-bond donors (Lipinski definition) is 3. The number of aliphatic carboxylic acids is 1. The molecule has 0 bridgehead atoms. The predicted molar refractivity (Wildman–Crippen MR) is 75.8 cm³/mol. The number of phenols is 1. The number of phenolic OH excluding ortho intramolecular Hbond substituents is 1. The van der Waals surface area contributed by atoms with Gasteiger partial charge in [-0.2, -0.15) is 0 Å². The number of carboxylic acids is 1. The number of amides is 1. The predicted octanol–water partition coefficient (Wildman–Crippen LogP) is 2.32. The van der Waals surface area contributed by atoms with Crippen LogP contribution in [0.4, 0.5) is 0 Å². The molecule has 0 saturated heterocycles. The van der Waals surface area contributed by atoms with Crippen LogP contribution in [-0.2, 0) is 4.79 Å². The van der Waals surface area contributed by atoms with Gasteiger partial charge >= 0.3 is 5.97 Å². The van der Waals surface area contributed by atoms with Gasteiger partial charge in [0, 0.05) is 12.1 Å². The molecule has 0 spiro atoms. The second-order valence-electron chi connectivity index (χ2n) is 4.98. The standard InChI is InChI=1S/C15H21NO4/c1-4-15(5-2,14(19)20)9-16-13(18)11-7-6-10(3)12(17)8-11/h6-8,17H,4-5,9H2,1-3H3,(H,16,18)(H,19,20). The van der Waals surface area contributed by atoms with E-state index in [-0.39, 0.29) is 18.2 Å². The fourth-order valence-corrected chi connectivity index (χ4v) is 1.98. The molecule has 0 unspecified atom stereocenters. The summed E-state index contributed by atoms with van der Waals surface area (Å²) >= 11 is 0. The maximum absolute atomic E-state index is 12.0. The Kier molecular flexibility index (Phi) is 5.13. The monoisotopic (exact) mass is 279 g/mol. The molecule has 20 heavy (non-hydrogen) atoms. The van der Waals surface area contributed by atoms with E-state index in [0.717, 1.165) is 0 Å². The van der Waals surface area contributed by atoms with Gasteiger partial charge in [-0.15, -0.1) is 0 Å². The summed E-state index contributed by atoms with van der Waals surface area (Å²) in [6.07, 6.45) is 0.885.